The molecule has 0 saturated heterocycles. The summed E-state index contributed by atoms with van der Waals surface area (Å²) >= 11 is 6.15. The summed E-state index contributed by atoms with van der Waals surface area (Å²) in [6.45, 7) is 0.330. The van der Waals surface area contributed by atoms with Gasteiger partial charge in [-0.15, -0.1) is 0 Å². The first-order valence-electron chi connectivity index (χ1n) is 8.97. The van der Waals surface area contributed by atoms with Crippen LogP contribution in [-0.2, 0) is 16.1 Å². The standard InChI is InChI=1S/C21H20ClN4O3/c1-23-19(27)12-20(25-13-15-5-2-3-7-17(15)22)29-21(28)26-16-8-9-18-14(11-16)6-4-10-24-18/h2-11,20,25H,12-13H2,1H3,(H,26,28). The number of hydrogen-bond donors (Lipinski definition) is 2. The summed E-state index contributed by atoms with van der Waals surface area (Å²) < 4.78 is 5.40. The number of nitrogens with one attached hydrogen (secondary N) is 2. The fraction of sp³-hybridized carbons (Fsp3) is 0.190. The quantitative estimate of drug-likeness (QED) is 0.578. The van der Waals surface area contributed by atoms with Crippen LogP contribution in [0.4, 0.5) is 10.5 Å². The number of hydrogen-bond acceptors (Lipinski definition) is 5. The van der Waals surface area contributed by atoms with Crippen LogP contribution >= 0.6 is 11.6 Å². The third kappa shape index (κ3) is 5.91. The smallest absolute Gasteiger partial charge is 0.413 e. The zero-order chi connectivity index (χ0) is 20.6. The molecule has 29 heavy (non-hydrogen) atoms. The van der Waals surface area contributed by atoms with Crippen molar-refractivity contribution in [1.29, 1.82) is 0 Å². The predicted octanol–water partition coefficient (Wildman–Crippen LogP) is 3.70. The number of aromatic nitrogens is 1. The molecule has 0 spiro atoms. The molecule has 149 valence electrons. The molecule has 8 heteroatoms. The summed E-state index contributed by atoms with van der Waals surface area (Å²) in [6.07, 6.45) is 0.0727. The lowest BCUT2D eigenvalue weighted by atomic mass is 10.2. The van der Waals surface area contributed by atoms with Crippen LogP contribution in [0.15, 0.2) is 60.8 Å². The highest BCUT2D eigenvalue weighted by molar-refractivity contribution is 6.31. The third-order valence-electron chi connectivity index (χ3n) is 4.19. The molecule has 1 heterocycles. The number of rotatable bonds is 7. The van der Waals surface area contributed by atoms with Crippen molar-refractivity contribution >= 4 is 40.2 Å². The summed E-state index contributed by atoms with van der Waals surface area (Å²) in [6, 6.07) is 16.3. The topological polar surface area (TPSA) is 94.4 Å². The fourth-order valence-electron chi connectivity index (χ4n) is 2.70. The third-order valence-corrected chi connectivity index (χ3v) is 4.55. The average molecular weight is 412 g/mol. The van der Waals surface area contributed by atoms with Crippen LogP contribution in [0.3, 0.4) is 0 Å². The van der Waals surface area contributed by atoms with Gasteiger partial charge in [-0.1, -0.05) is 35.9 Å². The number of pyridine rings is 1. The first-order valence-corrected chi connectivity index (χ1v) is 9.35. The second-order valence-electron chi connectivity index (χ2n) is 6.22. The van der Waals surface area contributed by atoms with Crippen molar-refractivity contribution in [1.82, 2.24) is 15.6 Å². The van der Waals surface area contributed by atoms with E-state index >= 15 is 0 Å². The van der Waals surface area contributed by atoms with E-state index < -0.39 is 12.3 Å². The Balaban J connectivity index is 1.64. The van der Waals surface area contributed by atoms with Gasteiger partial charge in [0.1, 0.15) is 0 Å². The van der Waals surface area contributed by atoms with E-state index in [0.29, 0.717) is 17.3 Å². The number of amides is 2. The molecule has 0 aliphatic rings. The Labute approximate surface area is 173 Å². The molecule has 1 aromatic heterocycles. The number of benzene rings is 2. The summed E-state index contributed by atoms with van der Waals surface area (Å²) in [7, 11) is 1.40. The number of carbonyl (C=O) groups is 2. The number of ether oxygens (including phenoxy) is 1. The lowest BCUT2D eigenvalue weighted by molar-refractivity contribution is -0.123. The molecule has 0 fully saturated rings. The van der Waals surface area contributed by atoms with Crippen LogP contribution in [0, 0.1) is 0 Å². The summed E-state index contributed by atoms with van der Waals surface area (Å²) in [5, 5.41) is 10.8. The van der Waals surface area contributed by atoms with Gasteiger partial charge in [-0.3, -0.25) is 25.7 Å². The Morgan fingerprint density at radius 2 is 2.00 bits per heavy atom. The summed E-state index contributed by atoms with van der Waals surface area (Å²) in [4.78, 5) is 28.3. The maximum Gasteiger partial charge on any atom is 0.413 e. The zero-order valence-corrected chi connectivity index (χ0v) is 16.5. The average Bonchev–Trinajstić information content (AvgIpc) is 2.72. The lowest BCUT2D eigenvalue weighted by Crippen LogP contribution is -2.38. The molecule has 2 N–H and O–H groups in total. The minimum absolute atomic E-state index is 0.0873. The van der Waals surface area contributed by atoms with Crippen LogP contribution in [-0.4, -0.2) is 30.3 Å². The molecule has 1 atom stereocenters. The van der Waals surface area contributed by atoms with Gasteiger partial charge in [0.2, 0.25) is 5.91 Å². The Bertz CT molecular complexity index is 1010. The molecule has 1 radical (unpaired) electrons. The van der Waals surface area contributed by atoms with Crippen LogP contribution in [0.2, 0.25) is 5.02 Å². The van der Waals surface area contributed by atoms with Gasteiger partial charge in [0.05, 0.1) is 11.9 Å². The molecular weight excluding hydrogens is 392 g/mol. The fourth-order valence-corrected chi connectivity index (χ4v) is 2.90. The first kappa shape index (κ1) is 20.6. The second kappa shape index (κ2) is 9.86. The van der Waals surface area contributed by atoms with E-state index in [2.05, 4.69) is 20.9 Å². The first-order chi connectivity index (χ1) is 14.0. The summed E-state index contributed by atoms with van der Waals surface area (Å²) in [5.74, 6) is -0.383. The Kier molecular flexibility index (Phi) is 6.99. The summed E-state index contributed by atoms with van der Waals surface area (Å²) in [5.41, 5.74) is 2.21. The molecule has 0 aliphatic heterocycles. The lowest BCUT2D eigenvalue weighted by Gasteiger charge is -2.19. The van der Waals surface area contributed by atoms with Crippen molar-refractivity contribution in [3.05, 3.63) is 71.4 Å². The molecule has 3 rings (SSSR count). The highest BCUT2D eigenvalue weighted by Crippen LogP contribution is 2.18. The minimum Gasteiger partial charge on any atom is -0.430 e. The van der Waals surface area contributed by atoms with E-state index in [1.54, 1.807) is 30.5 Å². The van der Waals surface area contributed by atoms with Gasteiger partial charge in [-0.05, 0) is 35.9 Å². The maximum atomic E-state index is 12.4. The van der Waals surface area contributed by atoms with Crippen molar-refractivity contribution in [2.24, 2.45) is 0 Å². The number of nitrogens with zero attached hydrogens (tertiary/aromatic N) is 2. The molecule has 0 aliphatic carbocycles. The second-order valence-corrected chi connectivity index (χ2v) is 6.63. The van der Waals surface area contributed by atoms with Crippen molar-refractivity contribution in [2.45, 2.75) is 19.2 Å². The van der Waals surface area contributed by atoms with Gasteiger partial charge in [-0.2, -0.15) is 0 Å². The van der Waals surface area contributed by atoms with Crippen molar-refractivity contribution in [2.75, 3.05) is 12.4 Å². The SMILES string of the molecule is C[N]C(=O)CC(NCc1ccccc1Cl)OC(=O)Nc1ccc2ncccc2c1. The molecule has 0 bridgehead atoms. The Morgan fingerprint density at radius 3 is 2.79 bits per heavy atom. The van der Waals surface area contributed by atoms with E-state index in [4.69, 9.17) is 16.3 Å². The highest BCUT2D eigenvalue weighted by Gasteiger charge is 2.19. The molecule has 3 aromatic rings. The van der Waals surface area contributed by atoms with Crippen LogP contribution in [0.1, 0.15) is 12.0 Å². The van der Waals surface area contributed by atoms with Crippen LogP contribution in [0.25, 0.3) is 10.9 Å². The highest BCUT2D eigenvalue weighted by atomic mass is 35.5. The number of halogens is 1. The predicted molar refractivity (Wildman–Crippen MR) is 112 cm³/mol. The van der Waals surface area contributed by atoms with Crippen molar-refractivity contribution < 1.29 is 14.3 Å². The van der Waals surface area contributed by atoms with Gasteiger partial charge in [0, 0.05) is 35.9 Å². The zero-order valence-electron chi connectivity index (χ0n) is 15.8. The van der Waals surface area contributed by atoms with Gasteiger partial charge in [0.15, 0.2) is 6.23 Å². The van der Waals surface area contributed by atoms with E-state index in [0.717, 1.165) is 16.5 Å². The van der Waals surface area contributed by atoms with Crippen LogP contribution < -0.4 is 16.0 Å². The normalized spacial score (nSPS) is 11.7. The monoisotopic (exact) mass is 411 g/mol. The molecule has 2 aromatic carbocycles. The van der Waals surface area contributed by atoms with Gasteiger partial charge >= 0.3 is 6.09 Å². The maximum absolute atomic E-state index is 12.4. The van der Waals surface area contributed by atoms with Gasteiger partial charge in [0.25, 0.3) is 0 Å². The van der Waals surface area contributed by atoms with E-state index in [9.17, 15) is 9.59 Å². The van der Waals surface area contributed by atoms with Crippen molar-refractivity contribution in [3.63, 3.8) is 0 Å². The molecule has 7 nitrogen and oxygen atoms in total. The Hall–Kier alpha value is -3.16. The molecular formula is C21H20ClN4O3. The minimum atomic E-state index is -0.857. The van der Waals surface area contributed by atoms with Gasteiger partial charge in [-0.25, -0.2) is 4.79 Å². The van der Waals surface area contributed by atoms with Crippen molar-refractivity contribution in [3.8, 4) is 0 Å². The van der Waals surface area contributed by atoms with Crippen LogP contribution in [0.5, 0.6) is 0 Å². The van der Waals surface area contributed by atoms with E-state index in [1.807, 2.05) is 30.3 Å². The number of fused-ring (bicyclic) bond motifs is 1. The number of anilines is 1. The largest absolute Gasteiger partial charge is 0.430 e. The van der Waals surface area contributed by atoms with E-state index in [-0.39, 0.29) is 12.3 Å². The molecule has 0 saturated carbocycles. The number of carbonyl (C=O) groups excluding carboxylic acids is 2. The Morgan fingerprint density at radius 1 is 1.17 bits per heavy atom. The molecule has 2 amide bonds. The molecule has 1 unspecified atom stereocenters. The van der Waals surface area contributed by atoms with E-state index in [1.165, 1.54) is 7.05 Å². The van der Waals surface area contributed by atoms with Gasteiger partial charge < -0.3 is 4.74 Å².